The van der Waals surface area contributed by atoms with E-state index in [0.717, 1.165) is 16.9 Å². The molecule has 1 amide bonds. The van der Waals surface area contributed by atoms with Gasteiger partial charge in [-0.2, -0.15) is 11.8 Å². The van der Waals surface area contributed by atoms with Gasteiger partial charge in [0.1, 0.15) is 18.2 Å². The van der Waals surface area contributed by atoms with Gasteiger partial charge in [-0.3, -0.25) is 4.79 Å². The second-order valence-electron chi connectivity index (χ2n) is 6.85. The number of morpholine rings is 1. The number of carbonyl (C=O) groups excluding carboxylic acids is 1. The lowest BCUT2D eigenvalue weighted by molar-refractivity contribution is -0.116. The van der Waals surface area contributed by atoms with Gasteiger partial charge in [0, 0.05) is 18.8 Å². The summed E-state index contributed by atoms with van der Waals surface area (Å²) in [7, 11) is 0. The highest BCUT2D eigenvalue weighted by atomic mass is 32.2. The van der Waals surface area contributed by atoms with Gasteiger partial charge in [0.2, 0.25) is 5.91 Å². The number of amides is 1. The van der Waals surface area contributed by atoms with Crippen molar-refractivity contribution in [2.75, 3.05) is 42.8 Å². The van der Waals surface area contributed by atoms with Crippen LogP contribution in [0, 0.1) is 5.82 Å². The highest BCUT2D eigenvalue weighted by Crippen LogP contribution is 2.24. The smallest absolute Gasteiger partial charge is 0.244 e. The van der Waals surface area contributed by atoms with Crippen LogP contribution in [0.4, 0.5) is 15.8 Å². The molecule has 2 heterocycles. The predicted octanol–water partition coefficient (Wildman–Crippen LogP) is 3.51. The van der Waals surface area contributed by atoms with E-state index in [0.29, 0.717) is 43.4 Å². The summed E-state index contributed by atoms with van der Waals surface area (Å²) in [5.74, 6) is 1.00. The summed E-state index contributed by atoms with van der Waals surface area (Å²) in [4.78, 5) is 19.2. The number of fused-ring (bicyclic) bond motifs is 1. The number of ether oxygens (including phenoxy) is 1. The highest BCUT2D eigenvalue weighted by molar-refractivity contribution is 7.97. The van der Waals surface area contributed by atoms with Crippen LogP contribution in [0.5, 0.6) is 0 Å². The number of hydrogen-bond acceptors (Lipinski definition) is 5. The van der Waals surface area contributed by atoms with Gasteiger partial charge in [0.25, 0.3) is 0 Å². The third-order valence-corrected chi connectivity index (χ3v) is 5.44. The molecule has 1 aromatic heterocycles. The Morgan fingerprint density at radius 1 is 1.24 bits per heavy atom. The van der Waals surface area contributed by atoms with E-state index in [9.17, 15) is 9.18 Å². The van der Waals surface area contributed by atoms with E-state index < -0.39 is 0 Å². The summed E-state index contributed by atoms with van der Waals surface area (Å²) < 4.78 is 21.8. The molecule has 152 valence electrons. The van der Waals surface area contributed by atoms with Crippen LogP contribution in [0.2, 0.25) is 0 Å². The number of para-hydroxylation sites is 2. The molecule has 1 N–H and O–H groups in total. The fourth-order valence-corrected chi connectivity index (χ4v) is 4.01. The molecular weight excluding hydrogens is 391 g/mol. The Balaban J connectivity index is 1.49. The van der Waals surface area contributed by atoms with Crippen LogP contribution in [-0.2, 0) is 21.8 Å². The molecule has 1 saturated heterocycles. The molecule has 0 saturated carbocycles. The number of benzene rings is 2. The van der Waals surface area contributed by atoms with Crippen molar-refractivity contribution in [3.8, 4) is 0 Å². The number of halogens is 1. The van der Waals surface area contributed by atoms with Crippen LogP contribution in [0.1, 0.15) is 5.82 Å². The Bertz CT molecular complexity index is 1020. The van der Waals surface area contributed by atoms with Gasteiger partial charge in [-0.15, -0.1) is 0 Å². The molecule has 0 radical (unpaired) electrons. The zero-order chi connectivity index (χ0) is 20.2. The number of nitrogens with one attached hydrogen (secondary N) is 1. The third kappa shape index (κ3) is 4.38. The fourth-order valence-electron chi connectivity index (χ4n) is 3.53. The zero-order valence-corrected chi connectivity index (χ0v) is 17.0. The van der Waals surface area contributed by atoms with E-state index in [1.54, 1.807) is 23.9 Å². The summed E-state index contributed by atoms with van der Waals surface area (Å²) in [5.41, 5.74) is 2.76. The van der Waals surface area contributed by atoms with Crippen molar-refractivity contribution in [3.63, 3.8) is 0 Å². The third-order valence-electron chi connectivity index (χ3n) is 4.89. The molecule has 0 unspecified atom stereocenters. The molecule has 0 aliphatic carbocycles. The molecule has 6 nitrogen and oxygen atoms in total. The van der Waals surface area contributed by atoms with E-state index in [-0.39, 0.29) is 18.3 Å². The van der Waals surface area contributed by atoms with Gasteiger partial charge < -0.3 is 19.5 Å². The van der Waals surface area contributed by atoms with Crippen molar-refractivity contribution in [1.29, 1.82) is 0 Å². The van der Waals surface area contributed by atoms with E-state index >= 15 is 0 Å². The molecule has 1 aliphatic rings. The average molecular weight is 415 g/mol. The number of carbonyl (C=O) groups is 1. The molecule has 0 spiro atoms. The average Bonchev–Trinajstić information content (AvgIpc) is 3.06. The monoisotopic (exact) mass is 414 g/mol. The number of imidazole rings is 1. The molecule has 1 fully saturated rings. The first kappa shape index (κ1) is 19.7. The topological polar surface area (TPSA) is 59.4 Å². The van der Waals surface area contributed by atoms with E-state index in [1.807, 2.05) is 40.0 Å². The fraction of sp³-hybridized carbons (Fsp3) is 0.333. The van der Waals surface area contributed by atoms with Crippen LogP contribution in [-0.4, -0.2) is 48.0 Å². The van der Waals surface area contributed by atoms with E-state index in [1.165, 1.54) is 6.07 Å². The van der Waals surface area contributed by atoms with Crippen molar-refractivity contribution in [1.82, 2.24) is 9.55 Å². The van der Waals surface area contributed by atoms with Crippen LogP contribution in [0.25, 0.3) is 11.0 Å². The first-order valence-electron chi connectivity index (χ1n) is 9.51. The standard InChI is InChI=1S/C21H23FN4O2S/c1-29-14-20-24-17-4-2-3-5-19(17)26(20)13-21(27)23-15-6-7-18(16(22)12-15)25-8-10-28-11-9-25/h2-7,12H,8-11,13-14H2,1H3,(H,23,27). The van der Waals surface area contributed by atoms with Crippen molar-refractivity contribution in [3.05, 3.63) is 54.1 Å². The minimum absolute atomic E-state index is 0.128. The van der Waals surface area contributed by atoms with Gasteiger partial charge in [0.05, 0.1) is 35.7 Å². The number of anilines is 2. The first-order valence-corrected chi connectivity index (χ1v) is 10.9. The summed E-state index contributed by atoms with van der Waals surface area (Å²) in [6.45, 7) is 2.64. The second kappa shape index (κ2) is 8.84. The Kier molecular flexibility index (Phi) is 6.01. The molecule has 8 heteroatoms. The lowest BCUT2D eigenvalue weighted by Crippen LogP contribution is -2.36. The number of thioether (sulfide) groups is 1. The first-order chi connectivity index (χ1) is 14.2. The molecular formula is C21H23FN4O2S. The molecule has 0 bridgehead atoms. The van der Waals surface area contributed by atoms with Gasteiger partial charge in [-0.25, -0.2) is 9.37 Å². The van der Waals surface area contributed by atoms with Gasteiger partial charge >= 0.3 is 0 Å². The van der Waals surface area contributed by atoms with Crippen molar-refractivity contribution in [2.24, 2.45) is 0 Å². The zero-order valence-electron chi connectivity index (χ0n) is 16.2. The maximum absolute atomic E-state index is 14.6. The maximum atomic E-state index is 14.6. The Morgan fingerprint density at radius 3 is 2.79 bits per heavy atom. The van der Waals surface area contributed by atoms with E-state index in [2.05, 4.69) is 10.3 Å². The number of rotatable bonds is 6. The number of aromatic nitrogens is 2. The summed E-state index contributed by atoms with van der Waals surface area (Å²) in [6.07, 6.45) is 2.00. The number of hydrogen-bond donors (Lipinski definition) is 1. The quantitative estimate of drug-likeness (QED) is 0.669. The van der Waals surface area contributed by atoms with Crippen LogP contribution >= 0.6 is 11.8 Å². The lowest BCUT2D eigenvalue weighted by atomic mass is 10.2. The highest BCUT2D eigenvalue weighted by Gasteiger charge is 2.17. The molecule has 4 rings (SSSR count). The van der Waals surface area contributed by atoms with Crippen LogP contribution in [0.3, 0.4) is 0 Å². The maximum Gasteiger partial charge on any atom is 0.244 e. The normalized spacial score (nSPS) is 14.3. The Morgan fingerprint density at radius 2 is 2.03 bits per heavy atom. The molecule has 1 aliphatic heterocycles. The van der Waals surface area contributed by atoms with Crippen molar-refractivity contribution < 1.29 is 13.9 Å². The summed E-state index contributed by atoms with van der Waals surface area (Å²) in [5, 5.41) is 2.81. The van der Waals surface area contributed by atoms with Crippen molar-refractivity contribution >= 4 is 40.1 Å². The largest absolute Gasteiger partial charge is 0.378 e. The van der Waals surface area contributed by atoms with E-state index in [4.69, 9.17) is 4.74 Å². The minimum Gasteiger partial charge on any atom is -0.378 e. The molecule has 0 atom stereocenters. The SMILES string of the molecule is CSCc1nc2ccccc2n1CC(=O)Nc1ccc(N2CCOCC2)c(F)c1. The predicted molar refractivity (Wildman–Crippen MR) is 115 cm³/mol. The second-order valence-corrected chi connectivity index (χ2v) is 7.72. The lowest BCUT2D eigenvalue weighted by Gasteiger charge is -2.29. The summed E-state index contributed by atoms with van der Waals surface area (Å²) >= 11 is 1.65. The Hall–Kier alpha value is -2.58. The van der Waals surface area contributed by atoms with Gasteiger partial charge in [0.15, 0.2) is 0 Å². The number of nitrogens with zero attached hydrogens (tertiary/aromatic N) is 3. The van der Waals surface area contributed by atoms with Crippen molar-refractivity contribution in [2.45, 2.75) is 12.3 Å². The molecule has 3 aromatic rings. The Labute approximate surface area is 173 Å². The van der Waals surface area contributed by atoms with Crippen LogP contribution in [0.15, 0.2) is 42.5 Å². The molecule has 29 heavy (non-hydrogen) atoms. The van der Waals surface area contributed by atoms with Gasteiger partial charge in [-0.05, 0) is 36.6 Å². The minimum atomic E-state index is -0.346. The summed E-state index contributed by atoms with van der Waals surface area (Å²) in [6, 6.07) is 12.6. The van der Waals surface area contributed by atoms with Gasteiger partial charge in [-0.1, -0.05) is 12.1 Å². The van der Waals surface area contributed by atoms with Crippen LogP contribution < -0.4 is 10.2 Å². The molecule has 2 aromatic carbocycles.